The molecule has 224 valence electrons. The highest BCUT2D eigenvalue weighted by Gasteiger charge is 2.49. The fourth-order valence-corrected chi connectivity index (χ4v) is 6.83. The molecular formula is C35H34N4O5. The normalized spacial score (nSPS) is 25.5. The van der Waals surface area contributed by atoms with Crippen molar-refractivity contribution >= 4 is 29.1 Å². The first kappa shape index (κ1) is 29.0. The van der Waals surface area contributed by atoms with Crippen molar-refractivity contribution in [2.45, 2.75) is 40.5 Å². The summed E-state index contributed by atoms with van der Waals surface area (Å²) in [6.45, 7) is 15.9. The molecule has 1 fully saturated rings. The first-order valence-corrected chi connectivity index (χ1v) is 14.6. The molecule has 5 heterocycles. The quantitative estimate of drug-likeness (QED) is 0.331. The van der Waals surface area contributed by atoms with Gasteiger partial charge in [0.25, 0.3) is 0 Å². The first-order valence-electron chi connectivity index (χ1n) is 14.6. The van der Waals surface area contributed by atoms with Crippen LogP contribution in [0, 0.1) is 17.8 Å². The molecule has 1 saturated heterocycles. The second-order valence-corrected chi connectivity index (χ2v) is 11.6. The zero-order valence-electron chi connectivity index (χ0n) is 25.4. The number of fused-ring (bicyclic) bond motifs is 5. The lowest BCUT2D eigenvalue weighted by Gasteiger charge is -2.20. The van der Waals surface area contributed by atoms with Gasteiger partial charge < -0.3 is 20.3 Å². The number of aliphatic carboxylic acids is 1. The molecule has 6 aliphatic rings. The lowest BCUT2D eigenvalue weighted by Crippen LogP contribution is -2.25. The lowest BCUT2D eigenvalue weighted by molar-refractivity contribution is -0.143. The number of rotatable bonds is 6. The Balaban J connectivity index is 1.68. The van der Waals surface area contributed by atoms with E-state index in [0.717, 1.165) is 45.1 Å². The average Bonchev–Trinajstić information content (AvgIpc) is 3.72. The number of allylic oxidation sites excluding steroid dienone is 11. The number of hydrogen-bond donors (Lipinski definition) is 3. The molecule has 9 heteroatoms. The number of aliphatic hydroxyl groups is 1. The van der Waals surface area contributed by atoms with Gasteiger partial charge in [-0.05, 0) is 62.1 Å². The third kappa shape index (κ3) is 4.25. The van der Waals surface area contributed by atoms with E-state index in [9.17, 15) is 19.8 Å². The molecule has 0 aromatic rings. The van der Waals surface area contributed by atoms with E-state index in [2.05, 4.69) is 18.5 Å². The number of methoxy groups -OCH3 is 1. The third-order valence-corrected chi connectivity index (χ3v) is 9.30. The summed E-state index contributed by atoms with van der Waals surface area (Å²) in [5, 5.41) is 24.7. The molecule has 0 saturated carbocycles. The van der Waals surface area contributed by atoms with Gasteiger partial charge in [-0.15, -0.1) is 0 Å². The van der Waals surface area contributed by atoms with Gasteiger partial charge in [0.1, 0.15) is 11.7 Å². The fourth-order valence-electron chi connectivity index (χ4n) is 6.83. The third-order valence-electron chi connectivity index (χ3n) is 9.30. The minimum atomic E-state index is -1.10. The molecule has 0 amide bonds. The molecule has 3 N–H and O–H groups in total. The fraction of sp³-hybridized carbons (Fsp3) is 0.286. The Bertz CT molecular complexity index is 1850. The van der Waals surface area contributed by atoms with Crippen molar-refractivity contribution < 1.29 is 24.5 Å². The lowest BCUT2D eigenvalue weighted by atomic mass is 9.84. The number of esters is 1. The van der Waals surface area contributed by atoms with Crippen LogP contribution in [-0.2, 0) is 14.3 Å². The molecule has 0 unspecified atom stereocenters. The SMILES string of the molecule is C=CC1=C(C)C2=NC1=CC1=C(C)C3=C(O)[C@@H](C(=O)OC)C(=C4NC(=CC5=NC(=C2)C(C=C)=C5C)[C@@H](C)[C@@H]4CCC(=O)O)C3=N1. The first-order chi connectivity index (χ1) is 21.0. The number of carboxylic acids is 1. The van der Waals surface area contributed by atoms with Gasteiger partial charge in [-0.1, -0.05) is 32.2 Å². The summed E-state index contributed by atoms with van der Waals surface area (Å²) in [6.07, 6.45) is 9.59. The van der Waals surface area contributed by atoms with Crippen LogP contribution in [0.5, 0.6) is 0 Å². The van der Waals surface area contributed by atoms with Crippen LogP contribution < -0.4 is 5.32 Å². The second kappa shape index (κ2) is 10.6. The van der Waals surface area contributed by atoms with Crippen LogP contribution in [0.2, 0.25) is 0 Å². The van der Waals surface area contributed by atoms with Gasteiger partial charge in [0.15, 0.2) is 0 Å². The van der Waals surface area contributed by atoms with Crippen molar-refractivity contribution in [1.29, 1.82) is 0 Å². The molecule has 0 aromatic carbocycles. The molecular weight excluding hydrogens is 556 g/mol. The van der Waals surface area contributed by atoms with Gasteiger partial charge in [0.2, 0.25) is 0 Å². The van der Waals surface area contributed by atoms with E-state index in [4.69, 9.17) is 19.7 Å². The number of carbonyl (C=O) groups is 2. The van der Waals surface area contributed by atoms with E-state index < -0.39 is 17.9 Å². The number of aliphatic hydroxyl groups excluding tert-OH is 1. The highest BCUT2D eigenvalue weighted by atomic mass is 16.5. The summed E-state index contributed by atoms with van der Waals surface area (Å²) in [5.74, 6) is -3.22. The van der Waals surface area contributed by atoms with E-state index in [1.165, 1.54) is 7.11 Å². The maximum absolute atomic E-state index is 13.2. The molecule has 6 rings (SSSR count). The van der Waals surface area contributed by atoms with Crippen LogP contribution in [0.15, 0.2) is 132 Å². The van der Waals surface area contributed by atoms with Crippen molar-refractivity contribution in [2.24, 2.45) is 32.7 Å². The zero-order valence-corrected chi connectivity index (χ0v) is 25.4. The van der Waals surface area contributed by atoms with E-state index in [0.29, 0.717) is 45.9 Å². The van der Waals surface area contributed by atoms with Crippen molar-refractivity contribution in [2.75, 3.05) is 7.11 Å². The summed E-state index contributed by atoms with van der Waals surface area (Å²) >= 11 is 0. The minimum Gasteiger partial charge on any atom is -0.510 e. The minimum absolute atomic E-state index is 0.0689. The number of aliphatic imine (C=N–C) groups is 3. The van der Waals surface area contributed by atoms with Crippen LogP contribution in [0.3, 0.4) is 0 Å². The average molecular weight is 591 g/mol. The van der Waals surface area contributed by atoms with Crippen LogP contribution in [0.1, 0.15) is 40.5 Å². The Labute approximate surface area is 255 Å². The van der Waals surface area contributed by atoms with Gasteiger partial charge in [-0.2, -0.15) is 0 Å². The number of carboxylic acid groups (broad SMARTS) is 1. The highest BCUT2D eigenvalue weighted by Crippen LogP contribution is 2.49. The predicted octanol–water partition coefficient (Wildman–Crippen LogP) is 5.88. The van der Waals surface area contributed by atoms with Crippen molar-refractivity contribution in [1.82, 2.24) is 5.32 Å². The van der Waals surface area contributed by atoms with Gasteiger partial charge >= 0.3 is 11.9 Å². The van der Waals surface area contributed by atoms with Gasteiger partial charge in [-0.25, -0.2) is 15.0 Å². The van der Waals surface area contributed by atoms with E-state index in [1.54, 1.807) is 12.2 Å². The number of hydrogen-bond acceptors (Lipinski definition) is 8. The number of ether oxygens (including phenoxy) is 1. The Hall–Kier alpha value is -5.05. The van der Waals surface area contributed by atoms with Gasteiger partial charge in [0, 0.05) is 51.9 Å². The largest absolute Gasteiger partial charge is 0.510 e. The number of nitrogens with one attached hydrogen (secondary N) is 1. The highest BCUT2D eigenvalue weighted by molar-refractivity contribution is 6.24. The van der Waals surface area contributed by atoms with E-state index in [-0.39, 0.29) is 24.0 Å². The molecule has 9 nitrogen and oxygen atoms in total. The summed E-state index contributed by atoms with van der Waals surface area (Å²) < 4.78 is 5.16. The van der Waals surface area contributed by atoms with Crippen LogP contribution in [-0.4, -0.2) is 46.4 Å². The number of nitrogens with zero attached hydrogens (tertiary/aromatic N) is 3. The summed E-state index contributed by atoms with van der Waals surface area (Å²) in [7, 11) is 1.28. The Morgan fingerprint density at radius 3 is 2.18 bits per heavy atom. The van der Waals surface area contributed by atoms with Crippen LogP contribution >= 0.6 is 0 Å². The predicted molar refractivity (Wildman–Crippen MR) is 170 cm³/mol. The maximum atomic E-state index is 13.2. The van der Waals surface area contributed by atoms with Crippen molar-refractivity contribution in [3.05, 3.63) is 117 Å². The number of carbonyl (C=O) groups excluding carboxylic acids is 1. The van der Waals surface area contributed by atoms with Gasteiger partial charge in [0.05, 0.1) is 41.3 Å². The smallest absolute Gasteiger partial charge is 0.321 e. The van der Waals surface area contributed by atoms with Crippen LogP contribution in [0.25, 0.3) is 0 Å². The summed E-state index contributed by atoms with van der Waals surface area (Å²) in [5.41, 5.74) is 10.8. The Kier molecular flexibility index (Phi) is 6.99. The van der Waals surface area contributed by atoms with Gasteiger partial charge in [-0.3, -0.25) is 9.59 Å². The molecule has 0 aromatic heterocycles. The van der Waals surface area contributed by atoms with E-state index >= 15 is 0 Å². The van der Waals surface area contributed by atoms with Crippen LogP contribution in [0.4, 0.5) is 0 Å². The summed E-state index contributed by atoms with van der Waals surface area (Å²) in [6, 6.07) is 0. The standard InChI is InChI=1S/C35H34N4O5/c1-8-19-15(3)22-12-24-17(5)21(10-11-28(40)41)32(38-24)30-31(35(43)44-7)34(42)29-18(6)25(39-33(29)30)14-27-20(9-2)16(4)23(37-27)13-26(19)36-22/h8-9,12-14,17,21,31,38,42H,1-2,10-11H2,3-7H3,(H,40,41)/t17-,21-,31-/m0/s1. The molecule has 5 aliphatic heterocycles. The molecule has 3 atom stereocenters. The maximum Gasteiger partial charge on any atom is 0.321 e. The van der Waals surface area contributed by atoms with Crippen molar-refractivity contribution in [3.63, 3.8) is 0 Å². The zero-order chi connectivity index (χ0) is 31.6. The van der Waals surface area contributed by atoms with E-state index in [1.807, 2.05) is 45.9 Å². The monoisotopic (exact) mass is 590 g/mol. The van der Waals surface area contributed by atoms with Crippen molar-refractivity contribution in [3.8, 4) is 0 Å². The molecule has 0 spiro atoms. The molecule has 0 radical (unpaired) electrons. The second-order valence-electron chi connectivity index (χ2n) is 11.6. The summed E-state index contributed by atoms with van der Waals surface area (Å²) in [4.78, 5) is 39.8. The Morgan fingerprint density at radius 1 is 0.977 bits per heavy atom. The molecule has 8 bridgehead atoms. The molecule has 44 heavy (non-hydrogen) atoms. The Morgan fingerprint density at radius 2 is 1.59 bits per heavy atom. The topological polar surface area (TPSA) is 133 Å². The molecule has 1 aliphatic carbocycles.